The number of hydrogen-bond donors (Lipinski definition) is 1. The molecule has 0 heterocycles. The van der Waals surface area contributed by atoms with Crippen molar-refractivity contribution in [1.29, 1.82) is 0 Å². The second kappa shape index (κ2) is 7.89. The van der Waals surface area contributed by atoms with Crippen LogP contribution in [0.3, 0.4) is 0 Å². The predicted molar refractivity (Wildman–Crippen MR) is 79.7 cm³/mol. The fourth-order valence-corrected chi connectivity index (χ4v) is 2.91. The van der Waals surface area contributed by atoms with Gasteiger partial charge in [-0.15, -0.1) is 0 Å². The van der Waals surface area contributed by atoms with Gasteiger partial charge >= 0.3 is 0 Å². The highest BCUT2D eigenvalue weighted by Gasteiger charge is 2.23. The van der Waals surface area contributed by atoms with Crippen LogP contribution in [-0.4, -0.2) is 37.7 Å². The van der Waals surface area contributed by atoms with Gasteiger partial charge in [-0.3, -0.25) is 4.90 Å². The van der Waals surface area contributed by atoms with Crippen molar-refractivity contribution < 1.29 is 4.74 Å². The molecule has 0 amide bonds. The number of ether oxygens (including phenoxy) is 1. The zero-order chi connectivity index (χ0) is 13.5. The van der Waals surface area contributed by atoms with Gasteiger partial charge < -0.3 is 10.5 Å². The molecule has 102 valence electrons. The van der Waals surface area contributed by atoms with E-state index < -0.39 is 0 Å². The molecule has 0 radical (unpaired) electrons. The standard InChI is InChI=1S/C14H23BrN2O/c1-4-17(11(2)10-18-3)14(9-16)12-7-5-6-8-13(12)15/h5-8,11,14H,4,9-10,16H2,1-3H3. The minimum Gasteiger partial charge on any atom is -0.383 e. The number of nitrogens with two attached hydrogens (primary N) is 1. The van der Waals surface area contributed by atoms with Gasteiger partial charge in [-0.05, 0) is 25.1 Å². The molecular weight excluding hydrogens is 292 g/mol. The normalized spacial score (nSPS) is 14.8. The van der Waals surface area contributed by atoms with Crippen molar-refractivity contribution in [3.63, 3.8) is 0 Å². The molecular formula is C14H23BrN2O. The van der Waals surface area contributed by atoms with E-state index in [4.69, 9.17) is 10.5 Å². The summed E-state index contributed by atoms with van der Waals surface area (Å²) < 4.78 is 6.37. The van der Waals surface area contributed by atoms with Crippen LogP contribution in [0.2, 0.25) is 0 Å². The van der Waals surface area contributed by atoms with Crippen LogP contribution in [0.5, 0.6) is 0 Å². The van der Waals surface area contributed by atoms with Crippen molar-refractivity contribution in [2.75, 3.05) is 26.8 Å². The number of halogens is 1. The molecule has 0 aliphatic rings. The highest BCUT2D eigenvalue weighted by molar-refractivity contribution is 9.10. The van der Waals surface area contributed by atoms with E-state index >= 15 is 0 Å². The van der Waals surface area contributed by atoms with Crippen LogP contribution < -0.4 is 5.73 Å². The summed E-state index contributed by atoms with van der Waals surface area (Å²) in [5.41, 5.74) is 7.22. The van der Waals surface area contributed by atoms with Gasteiger partial charge in [0.1, 0.15) is 0 Å². The number of rotatable bonds is 7. The zero-order valence-corrected chi connectivity index (χ0v) is 13.0. The van der Waals surface area contributed by atoms with E-state index in [1.54, 1.807) is 7.11 Å². The Morgan fingerprint density at radius 3 is 2.56 bits per heavy atom. The molecule has 0 aliphatic heterocycles. The fourth-order valence-electron chi connectivity index (χ4n) is 2.36. The summed E-state index contributed by atoms with van der Waals surface area (Å²) in [6, 6.07) is 8.83. The first kappa shape index (κ1) is 15.6. The third-order valence-corrected chi connectivity index (χ3v) is 3.95. The topological polar surface area (TPSA) is 38.5 Å². The molecule has 1 rings (SSSR count). The van der Waals surface area contributed by atoms with Gasteiger partial charge in [-0.2, -0.15) is 0 Å². The number of methoxy groups -OCH3 is 1. The summed E-state index contributed by atoms with van der Waals surface area (Å²) in [5, 5.41) is 0. The van der Waals surface area contributed by atoms with Crippen molar-refractivity contribution in [2.45, 2.75) is 25.9 Å². The van der Waals surface area contributed by atoms with E-state index in [0.29, 0.717) is 12.6 Å². The molecule has 1 aromatic carbocycles. The smallest absolute Gasteiger partial charge is 0.0615 e. The van der Waals surface area contributed by atoms with Crippen LogP contribution in [0.15, 0.2) is 28.7 Å². The summed E-state index contributed by atoms with van der Waals surface area (Å²) in [7, 11) is 1.74. The fraction of sp³-hybridized carbons (Fsp3) is 0.571. The van der Waals surface area contributed by atoms with E-state index in [2.05, 4.69) is 52.9 Å². The molecule has 0 saturated carbocycles. The molecule has 18 heavy (non-hydrogen) atoms. The van der Waals surface area contributed by atoms with Gasteiger partial charge in [-0.25, -0.2) is 0 Å². The van der Waals surface area contributed by atoms with Crippen molar-refractivity contribution >= 4 is 15.9 Å². The van der Waals surface area contributed by atoms with Crippen molar-refractivity contribution in [3.8, 4) is 0 Å². The number of likely N-dealkylation sites (N-methyl/N-ethyl adjacent to an activating group) is 1. The molecule has 4 heteroatoms. The summed E-state index contributed by atoms with van der Waals surface area (Å²) in [6.07, 6.45) is 0. The van der Waals surface area contributed by atoms with E-state index in [0.717, 1.165) is 17.6 Å². The van der Waals surface area contributed by atoms with E-state index in [1.807, 2.05) is 6.07 Å². The Labute approximate surface area is 118 Å². The Kier molecular flexibility index (Phi) is 6.86. The van der Waals surface area contributed by atoms with Gasteiger partial charge in [0.15, 0.2) is 0 Å². The summed E-state index contributed by atoms with van der Waals surface area (Å²) >= 11 is 3.61. The molecule has 0 aliphatic carbocycles. The monoisotopic (exact) mass is 314 g/mol. The molecule has 2 N–H and O–H groups in total. The number of hydrogen-bond acceptors (Lipinski definition) is 3. The van der Waals surface area contributed by atoms with E-state index in [1.165, 1.54) is 5.56 Å². The average Bonchev–Trinajstić information content (AvgIpc) is 2.37. The first-order chi connectivity index (χ1) is 8.65. The van der Waals surface area contributed by atoms with Gasteiger partial charge in [0, 0.05) is 30.2 Å². The largest absolute Gasteiger partial charge is 0.383 e. The molecule has 2 atom stereocenters. The Morgan fingerprint density at radius 2 is 2.06 bits per heavy atom. The van der Waals surface area contributed by atoms with Crippen LogP contribution in [0.25, 0.3) is 0 Å². The summed E-state index contributed by atoms with van der Waals surface area (Å²) in [4.78, 5) is 2.38. The summed E-state index contributed by atoms with van der Waals surface area (Å²) in [6.45, 7) is 6.60. The van der Waals surface area contributed by atoms with E-state index in [9.17, 15) is 0 Å². The lowest BCUT2D eigenvalue weighted by Gasteiger charge is -2.35. The third-order valence-electron chi connectivity index (χ3n) is 3.23. The minimum atomic E-state index is 0.218. The van der Waals surface area contributed by atoms with Crippen LogP contribution in [-0.2, 0) is 4.74 Å². The number of benzene rings is 1. The lowest BCUT2D eigenvalue weighted by atomic mass is 10.0. The minimum absolute atomic E-state index is 0.218. The van der Waals surface area contributed by atoms with Gasteiger partial charge in [0.25, 0.3) is 0 Å². The van der Waals surface area contributed by atoms with Crippen molar-refractivity contribution in [3.05, 3.63) is 34.3 Å². The molecule has 2 unspecified atom stereocenters. The first-order valence-corrected chi connectivity index (χ1v) is 7.14. The molecule has 3 nitrogen and oxygen atoms in total. The predicted octanol–water partition coefficient (Wildman–Crippen LogP) is 2.81. The Balaban J connectivity index is 2.96. The number of nitrogens with zero attached hydrogens (tertiary/aromatic N) is 1. The highest BCUT2D eigenvalue weighted by atomic mass is 79.9. The van der Waals surface area contributed by atoms with Gasteiger partial charge in [0.2, 0.25) is 0 Å². The van der Waals surface area contributed by atoms with Crippen LogP contribution in [0, 0.1) is 0 Å². The lowest BCUT2D eigenvalue weighted by molar-refractivity contribution is 0.0749. The molecule has 0 spiro atoms. The maximum atomic E-state index is 5.98. The van der Waals surface area contributed by atoms with Crippen LogP contribution >= 0.6 is 15.9 Å². The van der Waals surface area contributed by atoms with Crippen molar-refractivity contribution in [2.24, 2.45) is 5.73 Å². The van der Waals surface area contributed by atoms with Gasteiger partial charge in [0.05, 0.1) is 6.61 Å². The quantitative estimate of drug-likeness (QED) is 0.841. The summed E-state index contributed by atoms with van der Waals surface area (Å²) in [5.74, 6) is 0. The molecule has 1 aromatic rings. The Morgan fingerprint density at radius 1 is 1.39 bits per heavy atom. The van der Waals surface area contributed by atoms with Crippen LogP contribution in [0.4, 0.5) is 0 Å². The average molecular weight is 315 g/mol. The zero-order valence-electron chi connectivity index (χ0n) is 11.4. The Hall–Kier alpha value is -0.420. The molecule has 0 saturated heterocycles. The maximum absolute atomic E-state index is 5.98. The van der Waals surface area contributed by atoms with Crippen LogP contribution in [0.1, 0.15) is 25.5 Å². The van der Waals surface area contributed by atoms with Gasteiger partial charge in [-0.1, -0.05) is 41.1 Å². The highest BCUT2D eigenvalue weighted by Crippen LogP contribution is 2.28. The molecule has 0 aromatic heterocycles. The second-order valence-corrected chi connectivity index (χ2v) is 5.26. The second-order valence-electron chi connectivity index (χ2n) is 4.41. The maximum Gasteiger partial charge on any atom is 0.0615 e. The lowest BCUT2D eigenvalue weighted by Crippen LogP contribution is -2.42. The molecule has 0 bridgehead atoms. The molecule has 0 fully saturated rings. The van der Waals surface area contributed by atoms with Crippen molar-refractivity contribution in [1.82, 2.24) is 4.90 Å². The third kappa shape index (κ3) is 3.79. The first-order valence-electron chi connectivity index (χ1n) is 6.34. The SMILES string of the molecule is CCN(C(C)COC)C(CN)c1ccccc1Br. The van der Waals surface area contributed by atoms with E-state index in [-0.39, 0.29) is 6.04 Å². The Bertz CT molecular complexity index is 359.